The Kier molecular flexibility index (Phi) is 5.12. The lowest BCUT2D eigenvalue weighted by atomic mass is 10.4. The van der Waals surface area contributed by atoms with Gasteiger partial charge < -0.3 is 10.6 Å². The van der Waals surface area contributed by atoms with Crippen LogP contribution in [-0.4, -0.2) is 52.0 Å². The van der Waals surface area contributed by atoms with E-state index in [0.717, 1.165) is 5.75 Å². The number of amides is 1. The summed E-state index contributed by atoms with van der Waals surface area (Å²) in [5.41, 5.74) is 0.363. The molecule has 1 saturated heterocycles. The Hall–Kier alpha value is -0.950. The fourth-order valence-corrected chi connectivity index (χ4v) is 4.14. The van der Waals surface area contributed by atoms with E-state index in [0.29, 0.717) is 23.3 Å². The van der Waals surface area contributed by atoms with E-state index in [-0.39, 0.29) is 5.91 Å². The van der Waals surface area contributed by atoms with Gasteiger partial charge in [0.15, 0.2) is 0 Å². The topological polar surface area (TPSA) is 66.9 Å². The summed E-state index contributed by atoms with van der Waals surface area (Å²) in [6.45, 7) is 0.700. The van der Waals surface area contributed by atoms with Crippen molar-refractivity contribution in [2.24, 2.45) is 0 Å². The van der Waals surface area contributed by atoms with Gasteiger partial charge in [-0.1, -0.05) is 0 Å². The van der Waals surface area contributed by atoms with Crippen LogP contribution in [0.5, 0.6) is 0 Å². The monoisotopic (exact) mass is 284 g/mol. The Morgan fingerprint density at radius 2 is 2.33 bits per heavy atom. The van der Waals surface area contributed by atoms with Gasteiger partial charge in [0, 0.05) is 36.1 Å². The molecule has 7 heteroatoms. The zero-order valence-electron chi connectivity index (χ0n) is 10.2. The second-order valence-corrected chi connectivity index (χ2v) is 6.37. The third kappa shape index (κ3) is 3.78. The second kappa shape index (κ2) is 6.84. The van der Waals surface area contributed by atoms with Crippen LogP contribution in [0.4, 0.5) is 5.82 Å². The quantitative estimate of drug-likeness (QED) is 0.863. The minimum atomic E-state index is -0.152. The van der Waals surface area contributed by atoms with Crippen molar-refractivity contribution in [2.75, 3.05) is 36.2 Å². The van der Waals surface area contributed by atoms with Crippen LogP contribution in [0.25, 0.3) is 0 Å². The summed E-state index contributed by atoms with van der Waals surface area (Å²) in [4.78, 5) is 20.0. The van der Waals surface area contributed by atoms with E-state index in [1.807, 2.05) is 23.5 Å². The van der Waals surface area contributed by atoms with Crippen molar-refractivity contribution in [3.63, 3.8) is 0 Å². The SMILES string of the molecule is CNc1cnc(C(=O)NCC2CSCCS2)cn1. The average Bonchev–Trinajstić information content (AvgIpc) is 2.46. The van der Waals surface area contributed by atoms with Crippen molar-refractivity contribution in [1.29, 1.82) is 0 Å². The molecule has 1 aromatic heterocycles. The summed E-state index contributed by atoms with van der Waals surface area (Å²) in [6, 6.07) is 0. The summed E-state index contributed by atoms with van der Waals surface area (Å²) in [6.07, 6.45) is 3.05. The number of anilines is 1. The normalized spacial score (nSPS) is 19.3. The largest absolute Gasteiger partial charge is 0.372 e. The number of hydrogen-bond acceptors (Lipinski definition) is 6. The highest BCUT2D eigenvalue weighted by Gasteiger charge is 2.16. The van der Waals surface area contributed by atoms with Crippen LogP contribution < -0.4 is 10.6 Å². The minimum Gasteiger partial charge on any atom is -0.372 e. The van der Waals surface area contributed by atoms with Gasteiger partial charge in [-0.25, -0.2) is 9.97 Å². The molecule has 0 spiro atoms. The highest BCUT2D eigenvalue weighted by molar-refractivity contribution is 8.06. The van der Waals surface area contributed by atoms with Crippen molar-refractivity contribution < 1.29 is 4.79 Å². The summed E-state index contributed by atoms with van der Waals surface area (Å²) in [5, 5.41) is 6.29. The van der Waals surface area contributed by atoms with Gasteiger partial charge in [-0.2, -0.15) is 23.5 Å². The van der Waals surface area contributed by atoms with E-state index < -0.39 is 0 Å². The first kappa shape index (κ1) is 13.5. The molecule has 1 unspecified atom stereocenters. The van der Waals surface area contributed by atoms with E-state index in [4.69, 9.17) is 0 Å². The molecule has 2 heterocycles. The third-order valence-corrected chi connectivity index (χ3v) is 5.36. The van der Waals surface area contributed by atoms with Crippen molar-refractivity contribution in [3.05, 3.63) is 18.1 Å². The molecule has 1 fully saturated rings. The van der Waals surface area contributed by atoms with Crippen molar-refractivity contribution >= 4 is 35.2 Å². The number of hydrogen-bond donors (Lipinski definition) is 2. The van der Waals surface area contributed by atoms with Crippen molar-refractivity contribution in [1.82, 2.24) is 15.3 Å². The van der Waals surface area contributed by atoms with Crippen LogP contribution in [0.1, 0.15) is 10.5 Å². The first-order valence-electron chi connectivity index (χ1n) is 5.77. The van der Waals surface area contributed by atoms with Crippen LogP contribution in [0.3, 0.4) is 0 Å². The summed E-state index contributed by atoms with van der Waals surface area (Å²) < 4.78 is 0. The van der Waals surface area contributed by atoms with E-state index in [9.17, 15) is 4.79 Å². The summed E-state index contributed by atoms with van der Waals surface area (Å²) in [5.74, 6) is 4.00. The molecule has 0 aromatic carbocycles. The first-order valence-corrected chi connectivity index (χ1v) is 7.97. The summed E-state index contributed by atoms with van der Waals surface area (Å²) in [7, 11) is 1.77. The lowest BCUT2D eigenvalue weighted by molar-refractivity contribution is 0.0949. The number of rotatable bonds is 4. The standard InChI is InChI=1S/C11H16N4OS2/c1-12-10-6-13-9(5-14-10)11(16)15-4-8-7-17-2-3-18-8/h5-6,8H,2-4,7H2,1H3,(H,12,14)(H,15,16). The Bertz CT molecular complexity index is 393. The predicted molar refractivity (Wildman–Crippen MR) is 77.5 cm³/mol. The number of carbonyl (C=O) groups excluding carboxylic acids is 1. The van der Waals surface area contributed by atoms with Gasteiger partial charge in [0.2, 0.25) is 0 Å². The van der Waals surface area contributed by atoms with Gasteiger partial charge in [-0.15, -0.1) is 0 Å². The fraction of sp³-hybridized carbons (Fsp3) is 0.545. The molecule has 1 aliphatic rings. The Morgan fingerprint density at radius 1 is 1.44 bits per heavy atom. The molecule has 2 rings (SSSR count). The maximum atomic E-state index is 11.8. The predicted octanol–water partition coefficient (Wildman–Crippen LogP) is 1.10. The molecule has 5 nitrogen and oxygen atoms in total. The molecular formula is C11H16N4OS2. The van der Waals surface area contributed by atoms with Gasteiger partial charge >= 0.3 is 0 Å². The lowest BCUT2D eigenvalue weighted by Crippen LogP contribution is -2.33. The van der Waals surface area contributed by atoms with Gasteiger partial charge in [-0.05, 0) is 0 Å². The van der Waals surface area contributed by atoms with Crippen LogP contribution in [0, 0.1) is 0 Å². The number of nitrogens with zero attached hydrogens (tertiary/aromatic N) is 2. The molecule has 1 aromatic rings. The molecule has 0 radical (unpaired) electrons. The van der Waals surface area contributed by atoms with E-state index in [2.05, 4.69) is 20.6 Å². The Morgan fingerprint density at radius 3 is 2.94 bits per heavy atom. The van der Waals surface area contributed by atoms with Crippen LogP contribution in [0.2, 0.25) is 0 Å². The van der Waals surface area contributed by atoms with Crippen LogP contribution in [0.15, 0.2) is 12.4 Å². The summed E-state index contributed by atoms with van der Waals surface area (Å²) >= 11 is 3.87. The first-order chi connectivity index (χ1) is 8.79. The highest BCUT2D eigenvalue weighted by Crippen LogP contribution is 2.23. The van der Waals surface area contributed by atoms with E-state index >= 15 is 0 Å². The van der Waals surface area contributed by atoms with Crippen molar-refractivity contribution in [3.8, 4) is 0 Å². The maximum absolute atomic E-state index is 11.8. The Balaban J connectivity index is 1.82. The molecule has 1 atom stereocenters. The maximum Gasteiger partial charge on any atom is 0.271 e. The molecule has 1 aliphatic heterocycles. The molecule has 0 saturated carbocycles. The zero-order chi connectivity index (χ0) is 12.8. The molecule has 1 amide bonds. The molecule has 98 valence electrons. The fourth-order valence-electron chi connectivity index (χ4n) is 1.53. The smallest absolute Gasteiger partial charge is 0.271 e. The molecule has 0 bridgehead atoms. The number of thioether (sulfide) groups is 2. The van der Waals surface area contributed by atoms with Gasteiger partial charge in [0.05, 0.1) is 12.4 Å². The van der Waals surface area contributed by atoms with Gasteiger partial charge in [-0.3, -0.25) is 4.79 Å². The Labute approximate surface area is 115 Å². The van der Waals surface area contributed by atoms with Crippen LogP contribution in [-0.2, 0) is 0 Å². The number of carbonyl (C=O) groups is 1. The third-order valence-electron chi connectivity index (χ3n) is 2.52. The van der Waals surface area contributed by atoms with Gasteiger partial charge in [0.1, 0.15) is 11.5 Å². The molecule has 18 heavy (non-hydrogen) atoms. The second-order valence-electron chi connectivity index (χ2n) is 3.81. The highest BCUT2D eigenvalue weighted by atomic mass is 32.2. The number of aromatic nitrogens is 2. The van der Waals surface area contributed by atoms with Crippen molar-refractivity contribution in [2.45, 2.75) is 5.25 Å². The molecular weight excluding hydrogens is 268 g/mol. The van der Waals surface area contributed by atoms with Gasteiger partial charge in [0.25, 0.3) is 5.91 Å². The average molecular weight is 284 g/mol. The number of nitrogens with one attached hydrogen (secondary N) is 2. The zero-order valence-corrected chi connectivity index (χ0v) is 11.8. The van der Waals surface area contributed by atoms with E-state index in [1.165, 1.54) is 17.7 Å². The van der Waals surface area contributed by atoms with Crippen LogP contribution >= 0.6 is 23.5 Å². The minimum absolute atomic E-state index is 0.152. The molecule has 0 aliphatic carbocycles. The lowest BCUT2D eigenvalue weighted by Gasteiger charge is -2.20. The van der Waals surface area contributed by atoms with E-state index in [1.54, 1.807) is 13.2 Å². The molecule has 2 N–H and O–H groups in total.